The van der Waals surface area contributed by atoms with Gasteiger partial charge >= 0.3 is 5.97 Å². The van der Waals surface area contributed by atoms with Crippen molar-refractivity contribution in [1.29, 1.82) is 0 Å². The number of nitrogens with two attached hydrogens (primary N) is 1. The molecule has 0 heterocycles. The van der Waals surface area contributed by atoms with Gasteiger partial charge in [-0.25, -0.2) is 0 Å². The topological polar surface area (TPSA) is 80.4 Å². The van der Waals surface area contributed by atoms with Crippen LogP contribution < -0.4 is 5.73 Å². The van der Waals surface area contributed by atoms with E-state index in [0.717, 1.165) is 6.42 Å². The van der Waals surface area contributed by atoms with Gasteiger partial charge in [0.2, 0.25) is 0 Å². The van der Waals surface area contributed by atoms with Gasteiger partial charge in [-0.15, -0.1) is 0 Å². The molecule has 3 N–H and O–H groups in total. The lowest BCUT2D eigenvalue weighted by Gasteiger charge is -2.03. The summed E-state index contributed by atoms with van der Waals surface area (Å²) in [5.74, 6) is -1.63. The van der Waals surface area contributed by atoms with Crippen molar-refractivity contribution in [3.8, 4) is 0 Å². The van der Waals surface area contributed by atoms with Crippen LogP contribution in [0.5, 0.6) is 0 Å². The summed E-state index contributed by atoms with van der Waals surface area (Å²) in [5.41, 5.74) is 5.05. The number of carbonyl (C=O) groups is 2. The van der Waals surface area contributed by atoms with Gasteiger partial charge in [0.15, 0.2) is 11.8 Å². The molecule has 0 bridgehead atoms. The molecule has 0 fully saturated rings. The number of carbonyl (C=O) groups excluding carboxylic acids is 1. The van der Waals surface area contributed by atoms with Gasteiger partial charge in [0.25, 0.3) is 0 Å². The Morgan fingerprint density at radius 2 is 2.09 bits per heavy atom. The number of aliphatic carboxylic acids is 1. The maximum absolute atomic E-state index is 10.8. The molecule has 0 aromatic heterocycles. The SMILES string of the molecule is CCCCC(=O)C(N)C(=O)O. The third-order valence-corrected chi connectivity index (χ3v) is 1.39. The molecule has 0 rings (SSSR count). The summed E-state index contributed by atoms with van der Waals surface area (Å²) in [6.07, 6.45) is 1.85. The monoisotopic (exact) mass is 159 g/mol. The molecule has 0 spiro atoms. The molecular formula is C7H13NO3. The number of carboxylic acids is 1. The van der Waals surface area contributed by atoms with Crippen LogP contribution in [0.25, 0.3) is 0 Å². The first-order chi connectivity index (χ1) is 5.09. The van der Waals surface area contributed by atoms with Crippen LogP contribution in [0, 0.1) is 0 Å². The third-order valence-electron chi connectivity index (χ3n) is 1.39. The van der Waals surface area contributed by atoms with E-state index in [1.807, 2.05) is 6.92 Å². The highest BCUT2D eigenvalue weighted by molar-refractivity contribution is 6.01. The molecule has 4 heteroatoms. The summed E-state index contributed by atoms with van der Waals surface area (Å²) in [4.78, 5) is 21.0. The Bertz CT molecular complexity index is 156. The Hall–Kier alpha value is -0.900. The average molecular weight is 159 g/mol. The van der Waals surface area contributed by atoms with Crippen molar-refractivity contribution in [2.75, 3.05) is 0 Å². The molecule has 0 saturated heterocycles. The average Bonchev–Trinajstić information content (AvgIpc) is 1.98. The van der Waals surface area contributed by atoms with Crippen molar-refractivity contribution in [3.63, 3.8) is 0 Å². The molecule has 64 valence electrons. The van der Waals surface area contributed by atoms with E-state index in [2.05, 4.69) is 0 Å². The van der Waals surface area contributed by atoms with Gasteiger partial charge in [0.1, 0.15) is 0 Å². The zero-order chi connectivity index (χ0) is 8.85. The van der Waals surface area contributed by atoms with Gasteiger partial charge in [-0.1, -0.05) is 13.3 Å². The molecule has 0 aliphatic rings. The molecule has 0 radical (unpaired) electrons. The van der Waals surface area contributed by atoms with Crippen LogP contribution in [0.15, 0.2) is 0 Å². The van der Waals surface area contributed by atoms with Gasteiger partial charge in [-0.3, -0.25) is 9.59 Å². The predicted octanol–water partition coefficient (Wildman–Crippen LogP) is 0.158. The van der Waals surface area contributed by atoms with E-state index in [0.29, 0.717) is 6.42 Å². The van der Waals surface area contributed by atoms with Crippen molar-refractivity contribution in [2.45, 2.75) is 32.2 Å². The van der Waals surface area contributed by atoms with E-state index in [9.17, 15) is 9.59 Å². The zero-order valence-corrected chi connectivity index (χ0v) is 6.54. The number of rotatable bonds is 5. The Labute approximate surface area is 65.4 Å². The minimum absolute atomic E-state index is 0.268. The Morgan fingerprint density at radius 3 is 2.45 bits per heavy atom. The van der Waals surface area contributed by atoms with E-state index in [1.165, 1.54) is 0 Å². The highest BCUT2D eigenvalue weighted by Gasteiger charge is 2.19. The van der Waals surface area contributed by atoms with Gasteiger partial charge < -0.3 is 10.8 Å². The standard InChI is InChI=1S/C7H13NO3/c1-2-3-4-5(9)6(8)7(10)11/h6H,2-4,8H2,1H3,(H,10,11). The maximum Gasteiger partial charge on any atom is 0.328 e. The summed E-state index contributed by atoms with van der Waals surface area (Å²) >= 11 is 0. The first-order valence-corrected chi connectivity index (χ1v) is 3.60. The number of carboxylic acid groups (broad SMARTS) is 1. The van der Waals surface area contributed by atoms with Crippen LogP contribution in [0.1, 0.15) is 26.2 Å². The van der Waals surface area contributed by atoms with Crippen LogP contribution in [-0.2, 0) is 9.59 Å². The second kappa shape index (κ2) is 4.85. The maximum atomic E-state index is 10.8. The van der Waals surface area contributed by atoms with Crippen LogP contribution in [0.2, 0.25) is 0 Å². The lowest BCUT2D eigenvalue weighted by molar-refractivity contribution is -0.142. The fraction of sp³-hybridized carbons (Fsp3) is 0.714. The number of hydrogen-bond acceptors (Lipinski definition) is 3. The fourth-order valence-corrected chi connectivity index (χ4v) is 0.644. The molecular weight excluding hydrogens is 146 g/mol. The van der Waals surface area contributed by atoms with Crippen LogP contribution in [-0.4, -0.2) is 22.9 Å². The molecule has 0 aromatic carbocycles. The second-order valence-corrected chi connectivity index (χ2v) is 2.39. The highest BCUT2D eigenvalue weighted by atomic mass is 16.4. The van der Waals surface area contributed by atoms with Crippen molar-refractivity contribution in [1.82, 2.24) is 0 Å². The molecule has 0 aromatic rings. The van der Waals surface area contributed by atoms with Crippen molar-refractivity contribution >= 4 is 11.8 Å². The molecule has 0 aliphatic heterocycles. The summed E-state index contributed by atoms with van der Waals surface area (Å²) in [6.45, 7) is 1.93. The third kappa shape index (κ3) is 3.72. The quantitative estimate of drug-likeness (QED) is 0.560. The van der Waals surface area contributed by atoms with Crippen LogP contribution in [0.4, 0.5) is 0 Å². The van der Waals surface area contributed by atoms with E-state index < -0.39 is 12.0 Å². The zero-order valence-electron chi connectivity index (χ0n) is 6.54. The van der Waals surface area contributed by atoms with E-state index in [4.69, 9.17) is 10.8 Å². The number of ketones is 1. The Kier molecular flexibility index (Phi) is 4.45. The predicted molar refractivity (Wildman–Crippen MR) is 40.1 cm³/mol. The number of unbranched alkanes of at least 4 members (excludes halogenated alkanes) is 1. The molecule has 0 saturated carbocycles. The van der Waals surface area contributed by atoms with Crippen LogP contribution >= 0.6 is 0 Å². The second-order valence-electron chi connectivity index (χ2n) is 2.39. The fourth-order valence-electron chi connectivity index (χ4n) is 0.644. The smallest absolute Gasteiger partial charge is 0.328 e. The molecule has 0 amide bonds. The van der Waals surface area contributed by atoms with Gasteiger partial charge in [-0.2, -0.15) is 0 Å². The molecule has 1 atom stereocenters. The van der Waals surface area contributed by atoms with Crippen molar-refractivity contribution in [3.05, 3.63) is 0 Å². The lowest BCUT2D eigenvalue weighted by atomic mass is 10.1. The van der Waals surface area contributed by atoms with Crippen molar-refractivity contribution < 1.29 is 14.7 Å². The largest absolute Gasteiger partial charge is 0.480 e. The summed E-state index contributed by atoms with van der Waals surface area (Å²) in [6, 6.07) is -1.33. The lowest BCUT2D eigenvalue weighted by Crippen LogP contribution is -2.38. The van der Waals surface area contributed by atoms with E-state index >= 15 is 0 Å². The summed E-state index contributed by atoms with van der Waals surface area (Å²) in [7, 11) is 0. The van der Waals surface area contributed by atoms with Gasteiger partial charge in [0.05, 0.1) is 0 Å². The minimum atomic E-state index is -1.33. The molecule has 11 heavy (non-hydrogen) atoms. The Morgan fingerprint density at radius 1 is 1.55 bits per heavy atom. The molecule has 4 nitrogen and oxygen atoms in total. The Balaban J connectivity index is 3.74. The van der Waals surface area contributed by atoms with E-state index in [-0.39, 0.29) is 12.2 Å². The number of Topliss-reactive ketones (excluding diaryl/α,β-unsaturated/α-hetero) is 1. The van der Waals surface area contributed by atoms with E-state index in [1.54, 1.807) is 0 Å². The molecule has 0 aliphatic carbocycles. The first-order valence-electron chi connectivity index (χ1n) is 3.60. The minimum Gasteiger partial charge on any atom is -0.480 e. The normalized spacial score (nSPS) is 12.5. The van der Waals surface area contributed by atoms with Gasteiger partial charge in [-0.05, 0) is 6.42 Å². The highest BCUT2D eigenvalue weighted by Crippen LogP contribution is 1.97. The molecule has 1 unspecified atom stereocenters. The first kappa shape index (κ1) is 10.1. The summed E-state index contributed by atoms with van der Waals surface area (Å²) in [5, 5.41) is 8.31. The summed E-state index contributed by atoms with van der Waals surface area (Å²) < 4.78 is 0. The van der Waals surface area contributed by atoms with Crippen LogP contribution in [0.3, 0.4) is 0 Å². The van der Waals surface area contributed by atoms with Gasteiger partial charge in [0, 0.05) is 6.42 Å². The van der Waals surface area contributed by atoms with Crippen molar-refractivity contribution in [2.24, 2.45) is 5.73 Å². The number of hydrogen-bond donors (Lipinski definition) is 2.